The third kappa shape index (κ3) is 2.93. The van der Waals surface area contributed by atoms with Crippen LogP contribution in [0.15, 0.2) is 59.7 Å². The summed E-state index contributed by atoms with van der Waals surface area (Å²) in [6.07, 6.45) is 5.96. The molecule has 0 atom stereocenters. The zero-order valence-corrected chi connectivity index (χ0v) is 11.5. The Kier molecular flexibility index (Phi) is 3.66. The molecule has 1 aromatic carbocycles. The van der Waals surface area contributed by atoms with Gasteiger partial charge in [0.1, 0.15) is 0 Å². The van der Waals surface area contributed by atoms with Gasteiger partial charge in [0.05, 0.1) is 16.8 Å². The van der Waals surface area contributed by atoms with E-state index in [2.05, 4.69) is 15.3 Å². The minimum absolute atomic E-state index is 0.305. The van der Waals surface area contributed by atoms with Gasteiger partial charge in [0.15, 0.2) is 12.2 Å². The molecule has 0 aliphatic heterocycles. The third-order valence-corrected chi connectivity index (χ3v) is 3.20. The number of anilines is 1. The highest BCUT2D eigenvalue weighted by molar-refractivity contribution is 6.34. The molecule has 2 heterocycles. The number of amides is 1. The zero-order chi connectivity index (χ0) is 14.7. The fraction of sp³-hybridized carbons (Fsp3) is 0. The number of benzene rings is 1. The Balaban J connectivity index is 1.77. The highest BCUT2D eigenvalue weighted by Crippen LogP contribution is 2.21. The van der Waals surface area contributed by atoms with E-state index in [0.717, 1.165) is 5.56 Å². The Morgan fingerprint density at radius 2 is 1.90 bits per heavy atom. The van der Waals surface area contributed by atoms with Crippen LogP contribution >= 0.6 is 11.6 Å². The maximum absolute atomic E-state index is 12.1. The molecule has 0 saturated heterocycles. The van der Waals surface area contributed by atoms with Gasteiger partial charge >= 0.3 is 0 Å². The van der Waals surface area contributed by atoms with Crippen molar-refractivity contribution < 1.29 is 9.21 Å². The van der Waals surface area contributed by atoms with Crippen molar-refractivity contribution in [1.29, 1.82) is 0 Å². The minimum Gasteiger partial charge on any atom is -0.444 e. The van der Waals surface area contributed by atoms with Gasteiger partial charge in [-0.2, -0.15) is 0 Å². The molecule has 3 aromatic rings. The second kappa shape index (κ2) is 5.76. The predicted octanol–water partition coefficient (Wildman–Crippen LogP) is 3.64. The maximum atomic E-state index is 12.1. The van der Waals surface area contributed by atoms with Crippen molar-refractivity contribution in [2.45, 2.75) is 0 Å². The second-order valence-corrected chi connectivity index (χ2v) is 4.66. The molecule has 3 rings (SSSR count). The summed E-state index contributed by atoms with van der Waals surface area (Å²) in [5, 5.41) is 3.12. The van der Waals surface area contributed by atoms with Crippen molar-refractivity contribution >= 4 is 23.2 Å². The number of pyridine rings is 1. The van der Waals surface area contributed by atoms with E-state index in [-0.39, 0.29) is 5.91 Å². The lowest BCUT2D eigenvalue weighted by atomic mass is 10.1. The lowest BCUT2D eigenvalue weighted by Gasteiger charge is -2.06. The number of nitrogens with zero attached hydrogens (tertiary/aromatic N) is 2. The average molecular weight is 300 g/mol. The first-order valence-corrected chi connectivity index (χ1v) is 6.51. The summed E-state index contributed by atoms with van der Waals surface area (Å²) in [7, 11) is 0. The molecule has 0 radical (unpaired) electrons. The minimum atomic E-state index is -0.305. The number of hydrogen-bond acceptors (Lipinski definition) is 4. The van der Waals surface area contributed by atoms with Crippen LogP contribution in [-0.4, -0.2) is 15.9 Å². The van der Waals surface area contributed by atoms with E-state index >= 15 is 0 Å². The van der Waals surface area contributed by atoms with Gasteiger partial charge in [0.2, 0.25) is 0 Å². The molecule has 1 amide bonds. The van der Waals surface area contributed by atoms with Crippen LogP contribution in [0.3, 0.4) is 0 Å². The number of carbonyl (C=O) groups excluding carboxylic acids is 1. The molecule has 0 spiro atoms. The number of rotatable bonds is 3. The van der Waals surface area contributed by atoms with Gasteiger partial charge in [-0.1, -0.05) is 11.6 Å². The van der Waals surface area contributed by atoms with Crippen LogP contribution in [0, 0.1) is 0 Å². The Morgan fingerprint density at radius 3 is 2.57 bits per heavy atom. The first-order chi connectivity index (χ1) is 10.2. The van der Waals surface area contributed by atoms with Gasteiger partial charge in [-0.15, -0.1) is 0 Å². The monoisotopic (exact) mass is 299 g/mol. The van der Waals surface area contributed by atoms with E-state index in [0.29, 0.717) is 22.0 Å². The SMILES string of the molecule is O=C(Nc1ccc(-c2cnco2)cc1)c1cnccc1Cl. The number of halogens is 1. The third-order valence-electron chi connectivity index (χ3n) is 2.87. The molecule has 1 N–H and O–H groups in total. The molecule has 5 nitrogen and oxygen atoms in total. The molecule has 21 heavy (non-hydrogen) atoms. The lowest BCUT2D eigenvalue weighted by molar-refractivity contribution is 0.102. The van der Waals surface area contributed by atoms with E-state index < -0.39 is 0 Å². The summed E-state index contributed by atoms with van der Waals surface area (Å²) in [5.41, 5.74) is 1.87. The number of nitrogens with one attached hydrogen (secondary N) is 1. The Bertz CT molecular complexity index is 755. The average Bonchev–Trinajstić information content (AvgIpc) is 3.02. The summed E-state index contributed by atoms with van der Waals surface area (Å²) in [5.74, 6) is 0.365. The van der Waals surface area contributed by atoms with E-state index in [1.807, 2.05) is 12.1 Å². The van der Waals surface area contributed by atoms with Gasteiger partial charge in [0, 0.05) is 23.6 Å². The van der Waals surface area contributed by atoms with E-state index in [1.54, 1.807) is 24.4 Å². The summed E-state index contributed by atoms with van der Waals surface area (Å²) in [4.78, 5) is 19.8. The standard InChI is InChI=1S/C15H10ClN3O2/c16-13-5-6-17-7-12(13)15(20)19-11-3-1-10(2-4-11)14-8-18-9-21-14/h1-9H,(H,19,20). The van der Waals surface area contributed by atoms with Gasteiger partial charge in [-0.05, 0) is 30.3 Å². The molecule has 104 valence electrons. The number of oxazole rings is 1. The molecular formula is C15H10ClN3O2. The highest BCUT2D eigenvalue weighted by Gasteiger charge is 2.10. The Morgan fingerprint density at radius 1 is 1.10 bits per heavy atom. The van der Waals surface area contributed by atoms with Crippen LogP contribution in [0.1, 0.15) is 10.4 Å². The van der Waals surface area contributed by atoms with Crippen LogP contribution in [0.5, 0.6) is 0 Å². The van der Waals surface area contributed by atoms with Crippen molar-refractivity contribution in [2.24, 2.45) is 0 Å². The fourth-order valence-electron chi connectivity index (χ4n) is 1.82. The molecule has 2 aromatic heterocycles. The molecular weight excluding hydrogens is 290 g/mol. The van der Waals surface area contributed by atoms with Gasteiger partial charge in [-0.25, -0.2) is 4.98 Å². The quantitative estimate of drug-likeness (QED) is 0.801. The maximum Gasteiger partial charge on any atom is 0.258 e. The summed E-state index contributed by atoms with van der Waals surface area (Å²) in [6.45, 7) is 0. The fourth-order valence-corrected chi connectivity index (χ4v) is 2.01. The molecule has 0 saturated carbocycles. The highest BCUT2D eigenvalue weighted by atomic mass is 35.5. The molecule has 0 fully saturated rings. The molecule has 0 aliphatic rings. The number of carbonyl (C=O) groups is 1. The van der Waals surface area contributed by atoms with Crippen LogP contribution in [-0.2, 0) is 0 Å². The first kappa shape index (κ1) is 13.3. The largest absolute Gasteiger partial charge is 0.444 e. The van der Waals surface area contributed by atoms with Crippen molar-refractivity contribution in [3.63, 3.8) is 0 Å². The number of hydrogen-bond donors (Lipinski definition) is 1. The Labute approximate surface area is 125 Å². The van der Waals surface area contributed by atoms with E-state index in [9.17, 15) is 4.79 Å². The van der Waals surface area contributed by atoms with E-state index in [4.69, 9.17) is 16.0 Å². The van der Waals surface area contributed by atoms with Crippen LogP contribution in [0.2, 0.25) is 5.02 Å². The molecule has 0 aliphatic carbocycles. The van der Waals surface area contributed by atoms with Crippen molar-refractivity contribution in [3.8, 4) is 11.3 Å². The normalized spacial score (nSPS) is 10.3. The smallest absolute Gasteiger partial charge is 0.258 e. The van der Waals surface area contributed by atoms with Gasteiger partial charge in [0.25, 0.3) is 5.91 Å². The summed E-state index contributed by atoms with van der Waals surface area (Å²) < 4.78 is 5.20. The topological polar surface area (TPSA) is 68.0 Å². The summed E-state index contributed by atoms with van der Waals surface area (Å²) >= 11 is 5.96. The van der Waals surface area contributed by atoms with Crippen molar-refractivity contribution in [2.75, 3.05) is 5.32 Å². The zero-order valence-electron chi connectivity index (χ0n) is 10.8. The van der Waals surface area contributed by atoms with E-state index in [1.165, 1.54) is 18.8 Å². The van der Waals surface area contributed by atoms with Crippen LogP contribution < -0.4 is 5.32 Å². The van der Waals surface area contributed by atoms with Crippen molar-refractivity contribution in [3.05, 3.63) is 65.9 Å². The molecule has 6 heteroatoms. The van der Waals surface area contributed by atoms with Crippen LogP contribution in [0.4, 0.5) is 5.69 Å². The Hall–Kier alpha value is -2.66. The molecule has 0 unspecified atom stereocenters. The van der Waals surface area contributed by atoms with Crippen LogP contribution in [0.25, 0.3) is 11.3 Å². The predicted molar refractivity (Wildman–Crippen MR) is 79.1 cm³/mol. The summed E-state index contributed by atoms with van der Waals surface area (Å²) in [6, 6.07) is 8.80. The van der Waals surface area contributed by atoms with Gasteiger partial charge in [-0.3, -0.25) is 9.78 Å². The molecule has 0 bridgehead atoms. The van der Waals surface area contributed by atoms with Gasteiger partial charge < -0.3 is 9.73 Å². The van der Waals surface area contributed by atoms with Crippen molar-refractivity contribution in [1.82, 2.24) is 9.97 Å². The number of aromatic nitrogens is 2. The first-order valence-electron chi connectivity index (χ1n) is 6.14. The lowest BCUT2D eigenvalue weighted by Crippen LogP contribution is -2.12. The second-order valence-electron chi connectivity index (χ2n) is 4.25.